The topological polar surface area (TPSA) is 63.4 Å². The van der Waals surface area contributed by atoms with E-state index < -0.39 is 63.5 Å². The first-order chi connectivity index (χ1) is 13.1. The van der Waals surface area contributed by atoms with Crippen LogP contribution in [-0.4, -0.2) is 45.3 Å². The summed E-state index contributed by atoms with van der Waals surface area (Å²) in [7, 11) is 0. The Labute approximate surface area is 159 Å². The van der Waals surface area contributed by atoms with Gasteiger partial charge in [0, 0.05) is 18.6 Å². The Balaban J connectivity index is 2.71. The number of nitro benzene ring substituents is 1. The summed E-state index contributed by atoms with van der Waals surface area (Å²) in [6.07, 6.45) is -2.94. The van der Waals surface area contributed by atoms with Crippen LogP contribution in [0.3, 0.4) is 0 Å². The second-order valence-electron chi connectivity index (χ2n) is 6.93. The van der Waals surface area contributed by atoms with E-state index in [-0.39, 0.29) is 6.92 Å². The fourth-order valence-corrected chi connectivity index (χ4v) is 3.04. The number of nitrogens with zero attached hydrogens (tertiary/aromatic N) is 1. The summed E-state index contributed by atoms with van der Waals surface area (Å²) in [5.41, 5.74) is -11.7. The number of aliphatic hydroxyl groups is 1. The standard InChI is InChI=1S/C15H10F11NO3/c1-9(28,7-3-2-4-8(5-7)27(29)30)6-10(16)11(17,18)13(21,22)15(25,26)14(23,24)12(10,19)20/h2-5,28H,6H2,1H3. The van der Waals surface area contributed by atoms with Gasteiger partial charge in [-0.25, -0.2) is 4.39 Å². The van der Waals surface area contributed by atoms with Crippen molar-refractivity contribution in [3.8, 4) is 0 Å². The fourth-order valence-electron chi connectivity index (χ4n) is 3.04. The highest BCUT2D eigenvalue weighted by molar-refractivity contribution is 5.38. The van der Waals surface area contributed by atoms with E-state index in [1.54, 1.807) is 0 Å². The Bertz CT molecular complexity index is 839. The largest absolute Gasteiger partial charge is 0.385 e. The average molecular weight is 461 g/mol. The van der Waals surface area contributed by atoms with Crippen molar-refractivity contribution in [2.75, 3.05) is 0 Å². The molecule has 0 bridgehead atoms. The third-order valence-electron chi connectivity index (χ3n) is 4.84. The van der Waals surface area contributed by atoms with Crippen molar-refractivity contribution in [3.63, 3.8) is 0 Å². The van der Waals surface area contributed by atoms with Crippen molar-refractivity contribution < 1.29 is 58.3 Å². The molecule has 0 amide bonds. The Morgan fingerprint density at radius 2 is 1.27 bits per heavy atom. The van der Waals surface area contributed by atoms with Gasteiger partial charge in [0.05, 0.1) is 10.5 Å². The van der Waals surface area contributed by atoms with Crippen LogP contribution >= 0.6 is 0 Å². The lowest BCUT2D eigenvalue weighted by atomic mass is 9.67. The van der Waals surface area contributed by atoms with Gasteiger partial charge in [-0.05, 0) is 12.5 Å². The molecule has 0 heterocycles. The van der Waals surface area contributed by atoms with Crippen LogP contribution in [-0.2, 0) is 5.60 Å². The van der Waals surface area contributed by atoms with Crippen LogP contribution in [0, 0.1) is 10.1 Å². The van der Waals surface area contributed by atoms with E-state index in [1.165, 1.54) is 0 Å². The zero-order valence-corrected chi connectivity index (χ0v) is 14.4. The molecule has 1 fully saturated rings. The first kappa shape index (κ1) is 24.1. The van der Waals surface area contributed by atoms with Gasteiger partial charge in [0.2, 0.25) is 0 Å². The molecule has 0 radical (unpaired) electrons. The third-order valence-corrected chi connectivity index (χ3v) is 4.84. The molecule has 1 unspecified atom stereocenters. The number of non-ortho nitro benzene ring substituents is 1. The normalized spacial score (nSPS) is 27.1. The molecular weight excluding hydrogens is 451 g/mol. The fraction of sp³-hybridized carbons (Fsp3) is 0.600. The highest BCUT2D eigenvalue weighted by Gasteiger charge is 3.01. The lowest BCUT2D eigenvalue weighted by Gasteiger charge is -2.53. The minimum absolute atomic E-state index is 0.225. The second kappa shape index (κ2) is 6.17. The van der Waals surface area contributed by atoms with Crippen molar-refractivity contribution in [3.05, 3.63) is 39.9 Å². The highest BCUT2D eigenvalue weighted by Crippen LogP contribution is 2.71. The molecule has 15 heteroatoms. The molecule has 170 valence electrons. The summed E-state index contributed by atoms with van der Waals surface area (Å²) >= 11 is 0. The summed E-state index contributed by atoms with van der Waals surface area (Å²) in [6.45, 7) is 0.225. The SMILES string of the molecule is CC(O)(CC1(F)C(F)(F)C(F)(F)C(F)(F)C(F)(F)C1(F)F)c1cccc([N+](=O)[O-])c1. The average Bonchev–Trinajstić information content (AvgIpc) is 2.59. The van der Waals surface area contributed by atoms with E-state index in [4.69, 9.17) is 0 Å². The van der Waals surface area contributed by atoms with Gasteiger partial charge in [-0.2, -0.15) is 43.9 Å². The molecule has 1 saturated carbocycles. The van der Waals surface area contributed by atoms with E-state index in [0.29, 0.717) is 12.1 Å². The Morgan fingerprint density at radius 1 is 0.867 bits per heavy atom. The molecule has 30 heavy (non-hydrogen) atoms. The van der Waals surface area contributed by atoms with Crippen LogP contribution in [0.15, 0.2) is 24.3 Å². The van der Waals surface area contributed by atoms with Crippen LogP contribution in [0.1, 0.15) is 18.9 Å². The Morgan fingerprint density at radius 3 is 1.67 bits per heavy atom. The first-order valence-corrected chi connectivity index (χ1v) is 7.67. The van der Waals surface area contributed by atoms with Gasteiger partial charge in [0.25, 0.3) is 11.4 Å². The van der Waals surface area contributed by atoms with Gasteiger partial charge in [0.15, 0.2) is 0 Å². The molecule has 1 aromatic carbocycles. The van der Waals surface area contributed by atoms with Gasteiger partial charge in [0.1, 0.15) is 0 Å². The maximum atomic E-state index is 14.8. The van der Waals surface area contributed by atoms with E-state index in [2.05, 4.69) is 0 Å². The summed E-state index contributed by atoms with van der Waals surface area (Å²) in [6, 6.07) is 2.46. The molecule has 0 saturated heterocycles. The summed E-state index contributed by atoms with van der Waals surface area (Å²) in [4.78, 5) is 9.58. The summed E-state index contributed by atoms with van der Waals surface area (Å²) < 4.78 is 151. The first-order valence-electron chi connectivity index (χ1n) is 7.67. The van der Waals surface area contributed by atoms with Crippen molar-refractivity contribution in [2.45, 2.75) is 54.2 Å². The molecular formula is C15H10F11NO3. The van der Waals surface area contributed by atoms with Crippen molar-refractivity contribution in [1.82, 2.24) is 0 Å². The maximum absolute atomic E-state index is 14.8. The predicted octanol–water partition coefficient (Wildman–Crippen LogP) is 5.09. The van der Waals surface area contributed by atoms with E-state index in [0.717, 1.165) is 12.1 Å². The van der Waals surface area contributed by atoms with Gasteiger partial charge < -0.3 is 5.11 Å². The Kier molecular flexibility index (Phi) is 4.95. The number of nitro groups is 1. The highest BCUT2D eigenvalue weighted by atomic mass is 19.4. The molecule has 0 spiro atoms. The zero-order valence-electron chi connectivity index (χ0n) is 14.4. The Hall–Kier alpha value is -2.19. The van der Waals surface area contributed by atoms with Crippen molar-refractivity contribution in [2.24, 2.45) is 0 Å². The molecule has 2 rings (SSSR count). The van der Waals surface area contributed by atoms with E-state index >= 15 is 0 Å². The van der Waals surface area contributed by atoms with Crippen molar-refractivity contribution in [1.29, 1.82) is 0 Å². The van der Waals surface area contributed by atoms with Crippen LogP contribution in [0.25, 0.3) is 0 Å². The number of halogens is 11. The summed E-state index contributed by atoms with van der Waals surface area (Å²) in [5, 5.41) is 20.8. The molecule has 1 aromatic rings. The predicted molar refractivity (Wildman–Crippen MR) is 75.9 cm³/mol. The number of rotatable bonds is 4. The molecule has 1 aliphatic carbocycles. The monoisotopic (exact) mass is 461 g/mol. The van der Waals surface area contributed by atoms with Crippen molar-refractivity contribution >= 4 is 5.69 Å². The number of alkyl halides is 11. The van der Waals surface area contributed by atoms with Crippen LogP contribution < -0.4 is 0 Å². The molecule has 1 aliphatic rings. The van der Waals surface area contributed by atoms with Gasteiger partial charge in [-0.1, -0.05) is 12.1 Å². The van der Waals surface area contributed by atoms with Gasteiger partial charge >= 0.3 is 29.6 Å². The molecule has 0 aromatic heterocycles. The number of benzene rings is 1. The third kappa shape index (κ3) is 2.62. The molecule has 1 N–H and O–H groups in total. The van der Waals surface area contributed by atoms with Crippen LogP contribution in [0.2, 0.25) is 0 Å². The smallest absolute Gasteiger partial charge is 0.384 e. The quantitative estimate of drug-likeness (QED) is 0.386. The minimum Gasteiger partial charge on any atom is -0.385 e. The lowest BCUT2D eigenvalue weighted by Crippen LogP contribution is -2.84. The lowest BCUT2D eigenvalue weighted by molar-refractivity contribution is -0.488. The number of hydrogen-bond donors (Lipinski definition) is 1. The zero-order chi connectivity index (χ0) is 23.8. The summed E-state index contributed by atoms with van der Waals surface area (Å²) in [5.74, 6) is -36.1. The maximum Gasteiger partial charge on any atom is 0.384 e. The number of hydrogen-bond acceptors (Lipinski definition) is 3. The molecule has 4 nitrogen and oxygen atoms in total. The van der Waals surface area contributed by atoms with E-state index in [1.807, 2.05) is 0 Å². The van der Waals surface area contributed by atoms with Crippen LogP contribution in [0.5, 0.6) is 0 Å². The van der Waals surface area contributed by atoms with Crippen LogP contribution in [0.4, 0.5) is 54.0 Å². The molecule has 0 aliphatic heterocycles. The van der Waals surface area contributed by atoms with Gasteiger partial charge in [-0.15, -0.1) is 0 Å². The van der Waals surface area contributed by atoms with Gasteiger partial charge in [-0.3, -0.25) is 10.1 Å². The van der Waals surface area contributed by atoms with E-state index in [9.17, 15) is 63.5 Å². The molecule has 1 atom stereocenters. The second-order valence-corrected chi connectivity index (χ2v) is 6.93. The minimum atomic E-state index is -7.36.